The quantitative estimate of drug-likeness (QED) is 0.686. The highest BCUT2D eigenvalue weighted by molar-refractivity contribution is 5.73. The summed E-state index contributed by atoms with van der Waals surface area (Å²) in [7, 11) is 4.31. The van der Waals surface area contributed by atoms with Crippen LogP contribution in [-0.2, 0) is 11.8 Å². The van der Waals surface area contributed by atoms with Gasteiger partial charge < -0.3 is 9.64 Å². The summed E-state index contributed by atoms with van der Waals surface area (Å²) < 4.78 is 5.83. The number of terminal acetylenes is 1. The lowest BCUT2D eigenvalue weighted by atomic mass is 9.81. The Morgan fingerprint density at radius 2 is 2.03 bits per heavy atom. The summed E-state index contributed by atoms with van der Waals surface area (Å²) in [5, 5.41) is 0. The number of anilines is 1. The van der Waals surface area contributed by atoms with Gasteiger partial charge in [-0.2, -0.15) is 0 Å². The second-order valence-corrected chi connectivity index (χ2v) is 9.05. The summed E-state index contributed by atoms with van der Waals surface area (Å²) in [6.45, 7) is 5.58. The third-order valence-corrected chi connectivity index (χ3v) is 6.91. The third-order valence-electron chi connectivity index (χ3n) is 6.91. The molecular weight excluding hydrogens is 386 g/mol. The van der Waals surface area contributed by atoms with Crippen LogP contribution in [0.15, 0.2) is 48.5 Å². The second kappa shape index (κ2) is 8.28. The lowest BCUT2D eigenvalue weighted by Crippen LogP contribution is -2.45. The van der Waals surface area contributed by atoms with Gasteiger partial charge in [0.1, 0.15) is 5.75 Å². The van der Waals surface area contributed by atoms with E-state index in [0.29, 0.717) is 11.9 Å². The lowest BCUT2D eigenvalue weighted by molar-refractivity contribution is 0.142. The van der Waals surface area contributed by atoms with Crippen molar-refractivity contribution >= 4 is 11.8 Å². The first-order valence-corrected chi connectivity index (χ1v) is 10.9. The molecule has 0 aromatic heterocycles. The molecule has 1 amide bonds. The summed E-state index contributed by atoms with van der Waals surface area (Å²) in [5.74, 6) is 3.17. The van der Waals surface area contributed by atoms with Crippen LogP contribution in [0.3, 0.4) is 0 Å². The van der Waals surface area contributed by atoms with Gasteiger partial charge in [0, 0.05) is 30.7 Å². The molecular formula is C26H31N3O2. The van der Waals surface area contributed by atoms with Crippen molar-refractivity contribution in [3.63, 3.8) is 0 Å². The number of amides is 1. The van der Waals surface area contributed by atoms with Gasteiger partial charge in [0.15, 0.2) is 0 Å². The molecule has 2 aromatic rings. The van der Waals surface area contributed by atoms with Gasteiger partial charge in [-0.15, -0.1) is 6.42 Å². The summed E-state index contributed by atoms with van der Waals surface area (Å²) in [5.41, 5.74) is 3.64. The molecule has 2 aliphatic rings. The van der Waals surface area contributed by atoms with Gasteiger partial charge in [0.25, 0.3) is 0 Å². The van der Waals surface area contributed by atoms with E-state index in [1.807, 2.05) is 37.3 Å². The van der Waals surface area contributed by atoms with E-state index in [9.17, 15) is 4.79 Å². The molecule has 0 saturated carbocycles. The van der Waals surface area contributed by atoms with E-state index in [2.05, 4.69) is 54.9 Å². The third kappa shape index (κ3) is 3.77. The predicted molar refractivity (Wildman–Crippen MR) is 124 cm³/mol. The monoisotopic (exact) mass is 417 g/mol. The molecule has 0 aliphatic carbocycles. The van der Waals surface area contributed by atoms with Crippen molar-refractivity contribution in [1.82, 2.24) is 9.80 Å². The zero-order chi connectivity index (χ0) is 22.2. The van der Waals surface area contributed by atoms with Crippen LogP contribution in [0, 0.1) is 12.3 Å². The standard InChI is InChI=1S/C26H31N3O2/c1-6-15-29(19(2)17-20-10-8-7-9-11-20)25(30)31-21-12-13-23-22(18-21)26(3)14-16-27(4)24(26)28(23)5/h1,7-13,18-19,24H,14-17H2,2-5H3/t19-,24?,26+/m1/s1. The molecule has 0 N–H and O–H groups in total. The van der Waals surface area contributed by atoms with Crippen molar-refractivity contribution in [2.45, 2.75) is 44.3 Å². The summed E-state index contributed by atoms with van der Waals surface area (Å²) in [6, 6.07) is 16.0. The Morgan fingerprint density at radius 1 is 1.29 bits per heavy atom. The fourth-order valence-corrected chi connectivity index (χ4v) is 5.34. The van der Waals surface area contributed by atoms with Crippen molar-refractivity contribution in [1.29, 1.82) is 0 Å². The van der Waals surface area contributed by atoms with Gasteiger partial charge in [-0.25, -0.2) is 4.79 Å². The van der Waals surface area contributed by atoms with E-state index in [1.165, 1.54) is 11.3 Å². The van der Waals surface area contributed by atoms with Crippen molar-refractivity contribution in [2.24, 2.45) is 0 Å². The predicted octanol–water partition coefficient (Wildman–Crippen LogP) is 4.12. The molecule has 1 fully saturated rings. The fourth-order valence-electron chi connectivity index (χ4n) is 5.34. The minimum atomic E-state index is -0.405. The van der Waals surface area contributed by atoms with Crippen molar-refractivity contribution in [3.8, 4) is 18.1 Å². The largest absolute Gasteiger partial charge is 0.416 e. The van der Waals surface area contributed by atoms with Crippen LogP contribution in [-0.4, -0.2) is 55.3 Å². The number of carbonyl (C=O) groups excluding carboxylic acids is 1. The summed E-state index contributed by atoms with van der Waals surface area (Å²) in [4.78, 5) is 19.4. The maximum Gasteiger partial charge on any atom is 0.416 e. The molecule has 4 rings (SSSR count). The van der Waals surface area contributed by atoms with E-state index < -0.39 is 6.09 Å². The highest BCUT2D eigenvalue weighted by Crippen LogP contribution is 2.51. The van der Waals surface area contributed by atoms with Gasteiger partial charge in [-0.3, -0.25) is 9.80 Å². The number of fused-ring (bicyclic) bond motifs is 3. The smallest absolute Gasteiger partial charge is 0.410 e. The van der Waals surface area contributed by atoms with Crippen molar-refractivity contribution in [2.75, 3.05) is 32.1 Å². The van der Waals surface area contributed by atoms with E-state index in [0.717, 1.165) is 24.9 Å². The molecule has 31 heavy (non-hydrogen) atoms. The molecule has 1 saturated heterocycles. The number of hydrogen-bond acceptors (Lipinski definition) is 4. The lowest BCUT2D eigenvalue weighted by Gasteiger charge is -2.32. The molecule has 162 valence electrons. The Bertz CT molecular complexity index is 999. The Morgan fingerprint density at radius 3 is 2.74 bits per heavy atom. The molecule has 5 heteroatoms. The minimum Gasteiger partial charge on any atom is -0.410 e. The first kappa shape index (κ1) is 21.3. The van der Waals surface area contributed by atoms with Crippen LogP contribution in [0.2, 0.25) is 0 Å². The van der Waals surface area contributed by atoms with Gasteiger partial charge >= 0.3 is 6.09 Å². The number of hydrogen-bond donors (Lipinski definition) is 0. The number of likely N-dealkylation sites (N-methyl/N-ethyl adjacent to an activating group) is 2. The summed E-state index contributed by atoms with van der Waals surface area (Å²) in [6.07, 6.45) is 7.29. The zero-order valence-electron chi connectivity index (χ0n) is 18.8. The van der Waals surface area contributed by atoms with Gasteiger partial charge in [0.05, 0.1) is 12.7 Å². The van der Waals surface area contributed by atoms with Crippen molar-refractivity contribution < 1.29 is 9.53 Å². The molecule has 3 atom stereocenters. The number of likely N-dealkylation sites (tertiary alicyclic amines) is 1. The number of rotatable bonds is 5. The van der Waals surface area contributed by atoms with Crippen LogP contribution < -0.4 is 9.64 Å². The molecule has 5 nitrogen and oxygen atoms in total. The number of nitrogens with zero attached hydrogens (tertiary/aromatic N) is 3. The Kier molecular flexibility index (Phi) is 5.68. The normalized spacial score (nSPS) is 23.1. The Balaban J connectivity index is 1.53. The molecule has 2 heterocycles. The van der Waals surface area contributed by atoms with Gasteiger partial charge in [-0.1, -0.05) is 43.2 Å². The first-order valence-electron chi connectivity index (χ1n) is 10.9. The molecule has 1 unspecified atom stereocenters. The fraction of sp³-hybridized carbons (Fsp3) is 0.423. The number of benzene rings is 2. The van der Waals surface area contributed by atoms with E-state index >= 15 is 0 Å². The van der Waals surface area contributed by atoms with E-state index in [4.69, 9.17) is 11.2 Å². The SMILES string of the molecule is C#CCN(C(=O)Oc1ccc2c(c1)[C@]1(C)CCN(C)C1N2C)[C@H](C)Cc1ccccc1. The number of carbonyl (C=O) groups is 1. The molecule has 2 aliphatic heterocycles. The van der Waals surface area contributed by atoms with Crippen LogP contribution in [0.4, 0.5) is 10.5 Å². The molecule has 0 radical (unpaired) electrons. The highest BCUT2D eigenvalue weighted by Gasteiger charge is 2.52. The van der Waals surface area contributed by atoms with Crippen LogP contribution >= 0.6 is 0 Å². The minimum absolute atomic E-state index is 0.0281. The zero-order valence-corrected chi connectivity index (χ0v) is 18.8. The molecule has 2 aromatic carbocycles. The second-order valence-electron chi connectivity index (χ2n) is 9.05. The topological polar surface area (TPSA) is 36.0 Å². The first-order chi connectivity index (χ1) is 14.8. The molecule has 0 spiro atoms. The number of ether oxygens (including phenoxy) is 1. The average molecular weight is 418 g/mol. The van der Waals surface area contributed by atoms with E-state index in [1.54, 1.807) is 4.90 Å². The Labute approximate surface area is 185 Å². The summed E-state index contributed by atoms with van der Waals surface area (Å²) >= 11 is 0. The average Bonchev–Trinajstić information content (AvgIpc) is 3.18. The van der Waals surface area contributed by atoms with Crippen LogP contribution in [0.5, 0.6) is 5.75 Å². The molecule has 0 bridgehead atoms. The van der Waals surface area contributed by atoms with Crippen LogP contribution in [0.25, 0.3) is 0 Å². The Hall–Kier alpha value is -2.97. The maximum absolute atomic E-state index is 13.0. The highest BCUT2D eigenvalue weighted by atomic mass is 16.6. The van der Waals surface area contributed by atoms with E-state index in [-0.39, 0.29) is 18.0 Å². The van der Waals surface area contributed by atoms with Crippen LogP contribution in [0.1, 0.15) is 31.4 Å². The van der Waals surface area contributed by atoms with Gasteiger partial charge in [0.2, 0.25) is 0 Å². The van der Waals surface area contributed by atoms with Gasteiger partial charge in [-0.05, 0) is 56.1 Å². The maximum atomic E-state index is 13.0. The van der Waals surface area contributed by atoms with Crippen molar-refractivity contribution in [3.05, 3.63) is 59.7 Å².